The van der Waals surface area contributed by atoms with Gasteiger partial charge in [0, 0.05) is 49.4 Å². The molecule has 11 nitrogen and oxygen atoms in total. The first-order valence-electron chi connectivity index (χ1n) is 13.9. The molecule has 2 saturated heterocycles. The van der Waals surface area contributed by atoms with Crippen LogP contribution >= 0.6 is 0 Å². The Balaban J connectivity index is 1.21. The Hall–Kier alpha value is -4.04. The van der Waals surface area contributed by atoms with E-state index in [0.717, 1.165) is 11.3 Å². The number of aliphatic hydroxyl groups is 2. The van der Waals surface area contributed by atoms with E-state index in [4.69, 9.17) is 14.2 Å². The quantitative estimate of drug-likeness (QED) is 0.468. The summed E-state index contributed by atoms with van der Waals surface area (Å²) >= 11 is 0. The third kappa shape index (κ3) is 7.31. The van der Waals surface area contributed by atoms with Gasteiger partial charge in [0.15, 0.2) is 13.2 Å². The third-order valence-electron chi connectivity index (χ3n) is 7.73. The number of ether oxygens (including phenoxy) is 3. The summed E-state index contributed by atoms with van der Waals surface area (Å²) in [5.74, 6) is -0.981. The van der Waals surface area contributed by atoms with Crippen LogP contribution in [0.1, 0.15) is 24.0 Å². The largest absolute Gasteiger partial charge is 0.484 e. The molecule has 43 heavy (non-hydrogen) atoms. The van der Waals surface area contributed by atoms with E-state index < -0.39 is 43.6 Å². The number of anilines is 1. The van der Waals surface area contributed by atoms with Crippen molar-refractivity contribution in [3.63, 3.8) is 0 Å². The molecule has 3 amide bonds. The van der Waals surface area contributed by atoms with Crippen LogP contribution in [0.3, 0.4) is 0 Å². The smallest absolute Gasteiger partial charge is 0.422 e. The number of amides is 3. The highest BCUT2D eigenvalue weighted by atomic mass is 19.4. The van der Waals surface area contributed by atoms with Crippen molar-refractivity contribution in [2.75, 3.05) is 44.3 Å². The molecule has 2 aromatic carbocycles. The van der Waals surface area contributed by atoms with Crippen LogP contribution in [0.5, 0.6) is 11.5 Å². The second-order valence-corrected chi connectivity index (χ2v) is 10.7. The average Bonchev–Trinajstić information content (AvgIpc) is 3.33. The molecule has 0 bridgehead atoms. The molecule has 0 radical (unpaired) electrons. The minimum absolute atomic E-state index is 0.0523. The fourth-order valence-electron chi connectivity index (χ4n) is 5.44. The second-order valence-electron chi connectivity index (χ2n) is 10.7. The lowest BCUT2D eigenvalue weighted by Gasteiger charge is -2.40. The van der Waals surface area contributed by atoms with Gasteiger partial charge >= 0.3 is 12.3 Å². The summed E-state index contributed by atoms with van der Waals surface area (Å²) in [6.07, 6.45) is -6.42. The Morgan fingerprint density at radius 2 is 1.65 bits per heavy atom. The summed E-state index contributed by atoms with van der Waals surface area (Å²) < 4.78 is 54.7. The number of rotatable bonds is 8. The van der Waals surface area contributed by atoms with Crippen LogP contribution in [0.2, 0.25) is 0 Å². The molecule has 5 rings (SSSR count). The van der Waals surface area contributed by atoms with Gasteiger partial charge in [0.1, 0.15) is 18.1 Å². The van der Waals surface area contributed by atoms with Gasteiger partial charge in [-0.1, -0.05) is 24.3 Å². The fraction of sp³-hybridized carbons (Fsp3) is 0.483. The van der Waals surface area contributed by atoms with Gasteiger partial charge in [0.05, 0.1) is 24.3 Å². The number of carbonyl (C=O) groups is 3. The minimum Gasteiger partial charge on any atom is -0.484 e. The Kier molecular flexibility index (Phi) is 8.97. The van der Waals surface area contributed by atoms with E-state index in [0.29, 0.717) is 25.9 Å². The highest BCUT2D eigenvalue weighted by Crippen LogP contribution is 2.33. The van der Waals surface area contributed by atoms with Crippen molar-refractivity contribution < 1.29 is 52.0 Å². The number of piperidine rings is 1. The molecule has 232 valence electrons. The van der Waals surface area contributed by atoms with Crippen LogP contribution in [0.25, 0.3) is 0 Å². The maximum atomic E-state index is 13.2. The molecule has 0 aliphatic carbocycles. The van der Waals surface area contributed by atoms with Crippen molar-refractivity contribution in [2.24, 2.45) is 0 Å². The van der Waals surface area contributed by atoms with Crippen molar-refractivity contribution >= 4 is 23.6 Å². The number of hydrogen-bond acceptors (Lipinski definition) is 8. The van der Waals surface area contributed by atoms with Crippen molar-refractivity contribution in [3.8, 4) is 11.5 Å². The van der Waals surface area contributed by atoms with E-state index in [9.17, 15) is 37.8 Å². The zero-order valence-corrected chi connectivity index (χ0v) is 23.2. The van der Waals surface area contributed by atoms with E-state index in [1.54, 1.807) is 9.80 Å². The molecule has 3 heterocycles. The van der Waals surface area contributed by atoms with Gasteiger partial charge in [-0.2, -0.15) is 13.2 Å². The summed E-state index contributed by atoms with van der Waals surface area (Å²) in [6, 6.07) is 11.3. The molecule has 2 aromatic rings. The van der Waals surface area contributed by atoms with E-state index in [2.05, 4.69) is 0 Å². The topological polar surface area (TPSA) is 129 Å². The molecule has 0 saturated carbocycles. The first kappa shape index (κ1) is 30.4. The third-order valence-corrected chi connectivity index (χ3v) is 7.73. The van der Waals surface area contributed by atoms with Gasteiger partial charge < -0.3 is 34.2 Å². The van der Waals surface area contributed by atoms with Gasteiger partial charge in [-0.25, -0.2) is 4.79 Å². The molecule has 14 heteroatoms. The van der Waals surface area contributed by atoms with E-state index >= 15 is 0 Å². The summed E-state index contributed by atoms with van der Waals surface area (Å²) in [4.78, 5) is 42.6. The Morgan fingerprint density at radius 3 is 2.35 bits per heavy atom. The first-order valence-corrected chi connectivity index (χ1v) is 13.9. The van der Waals surface area contributed by atoms with Crippen molar-refractivity contribution in [1.82, 2.24) is 9.80 Å². The minimum atomic E-state index is -4.62. The van der Waals surface area contributed by atoms with Crippen molar-refractivity contribution in [3.05, 3.63) is 53.6 Å². The van der Waals surface area contributed by atoms with Crippen LogP contribution in [-0.2, 0) is 27.4 Å². The SMILES string of the molecule is O=C(Cc1ccc(OCC(=O)N2CC(O)C(O)C2)cc1OCC(F)(F)F)N1CCC(N2C(=O)OCc3ccccc32)CC1. The number of hydrogen-bond donors (Lipinski definition) is 2. The number of aliphatic hydroxyl groups excluding tert-OH is 2. The predicted octanol–water partition coefficient (Wildman–Crippen LogP) is 2.26. The van der Waals surface area contributed by atoms with E-state index in [1.165, 1.54) is 23.1 Å². The molecule has 0 spiro atoms. The Morgan fingerprint density at radius 1 is 0.953 bits per heavy atom. The lowest BCUT2D eigenvalue weighted by Crippen LogP contribution is -2.50. The summed E-state index contributed by atoms with van der Waals surface area (Å²) in [5, 5.41) is 19.3. The molecule has 2 atom stereocenters. The normalized spacial score (nSPS) is 21.0. The molecule has 0 aromatic heterocycles. The lowest BCUT2D eigenvalue weighted by molar-refractivity contribution is -0.153. The van der Waals surface area contributed by atoms with Crippen molar-refractivity contribution in [2.45, 2.75) is 50.3 Å². The van der Waals surface area contributed by atoms with Gasteiger partial charge in [0.25, 0.3) is 5.91 Å². The Bertz CT molecular complexity index is 1340. The highest BCUT2D eigenvalue weighted by Gasteiger charge is 2.36. The maximum absolute atomic E-state index is 13.2. The zero-order chi connectivity index (χ0) is 30.7. The number of para-hydroxylation sites is 1. The number of cyclic esters (lactones) is 1. The van der Waals surface area contributed by atoms with Gasteiger partial charge in [-0.15, -0.1) is 0 Å². The lowest BCUT2D eigenvalue weighted by atomic mass is 10.00. The number of alkyl halides is 3. The van der Waals surface area contributed by atoms with E-state index in [1.807, 2.05) is 24.3 Å². The number of fused-ring (bicyclic) bond motifs is 1. The van der Waals surface area contributed by atoms with Crippen LogP contribution in [0.4, 0.5) is 23.7 Å². The first-order chi connectivity index (χ1) is 20.5. The van der Waals surface area contributed by atoms with Gasteiger partial charge in [0.2, 0.25) is 5.91 Å². The summed E-state index contributed by atoms with van der Waals surface area (Å²) in [5.41, 5.74) is 1.90. The van der Waals surface area contributed by atoms with Crippen LogP contribution in [0, 0.1) is 0 Å². The molecule has 2 unspecified atom stereocenters. The standard InChI is InChI=1S/C29H32F3N3O8/c30-29(31,32)17-43-25-12-21(41-16-27(39)34-13-23(36)24(37)14-34)6-5-18(25)11-26(38)33-9-7-20(8-10-33)35-22-4-2-1-3-19(22)15-42-28(35)40/h1-6,12,20,23-24,36-37H,7-11,13-17H2. The van der Waals surface area contributed by atoms with Gasteiger partial charge in [-0.3, -0.25) is 14.5 Å². The zero-order valence-electron chi connectivity index (χ0n) is 23.2. The molecular formula is C29H32F3N3O8. The van der Waals surface area contributed by atoms with Crippen LogP contribution < -0.4 is 14.4 Å². The molecule has 2 fully saturated rings. The van der Waals surface area contributed by atoms with Crippen molar-refractivity contribution in [1.29, 1.82) is 0 Å². The second kappa shape index (κ2) is 12.7. The molecule has 3 aliphatic rings. The van der Waals surface area contributed by atoms with Gasteiger partial charge in [-0.05, 0) is 25.0 Å². The number of likely N-dealkylation sites (tertiary alicyclic amines) is 2. The fourth-order valence-corrected chi connectivity index (χ4v) is 5.44. The van der Waals surface area contributed by atoms with Crippen LogP contribution in [0.15, 0.2) is 42.5 Å². The summed E-state index contributed by atoms with van der Waals surface area (Å²) in [7, 11) is 0. The van der Waals surface area contributed by atoms with Crippen LogP contribution in [-0.4, -0.2) is 102 Å². The molecule has 3 aliphatic heterocycles. The molecule has 2 N–H and O–H groups in total. The number of β-amino-alcohol motifs (C(OH)–C–C–N with tert-alkyl or cyclic N) is 2. The number of halogens is 3. The van der Waals surface area contributed by atoms with E-state index in [-0.39, 0.29) is 55.1 Å². The number of benzene rings is 2. The monoisotopic (exact) mass is 607 g/mol. The summed E-state index contributed by atoms with van der Waals surface area (Å²) in [6.45, 7) is -1.28. The maximum Gasteiger partial charge on any atom is 0.422 e. The number of carbonyl (C=O) groups excluding carboxylic acids is 3. The highest BCUT2D eigenvalue weighted by molar-refractivity contribution is 5.91. The number of nitrogens with zero attached hydrogens (tertiary/aromatic N) is 3. The Labute approximate surface area is 245 Å². The predicted molar refractivity (Wildman–Crippen MR) is 144 cm³/mol. The molecular weight excluding hydrogens is 575 g/mol. The average molecular weight is 608 g/mol.